The van der Waals surface area contributed by atoms with Crippen LogP contribution in [0.4, 0.5) is 11.5 Å². The van der Waals surface area contributed by atoms with Gasteiger partial charge < -0.3 is 9.80 Å². The maximum absolute atomic E-state index is 13.0. The van der Waals surface area contributed by atoms with Crippen molar-refractivity contribution in [3.63, 3.8) is 0 Å². The number of amides is 1. The third kappa shape index (κ3) is 4.27. The van der Waals surface area contributed by atoms with Crippen LogP contribution in [-0.2, 0) is 9.84 Å². The van der Waals surface area contributed by atoms with Gasteiger partial charge in [0.25, 0.3) is 5.91 Å². The fourth-order valence-electron chi connectivity index (χ4n) is 3.30. The minimum atomic E-state index is -3.00. The number of aryl methyl sites for hydroxylation is 1. The van der Waals surface area contributed by atoms with E-state index in [1.807, 2.05) is 49.2 Å². The van der Waals surface area contributed by atoms with Crippen LogP contribution in [0.25, 0.3) is 0 Å². The van der Waals surface area contributed by atoms with Crippen LogP contribution in [0.15, 0.2) is 36.4 Å². The standard InChI is InChI=1S/C19H24N4O3S/c1-4-23(15-8-6-5-7-9-15)19(24)17-12-18(21-14(2)20-17)22(3)16-10-11-27(25,26)13-16/h5-9,12,16H,4,10-11,13H2,1-3H3. The molecule has 0 bridgehead atoms. The maximum atomic E-state index is 13.0. The number of rotatable bonds is 5. The number of carbonyl (C=O) groups is 1. The highest BCUT2D eigenvalue weighted by Crippen LogP contribution is 2.23. The SMILES string of the molecule is CCN(C(=O)c1cc(N(C)C2CCS(=O)(=O)C2)nc(C)n1)c1ccccc1. The normalized spacial score (nSPS) is 18.3. The highest BCUT2D eigenvalue weighted by atomic mass is 32.2. The van der Waals surface area contributed by atoms with Gasteiger partial charge in [-0.25, -0.2) is 18.4 Å². The molecule has 3 rings (SSSR count). The Morgan fingerprint density at radius 3 is 2.52 bits per heavy atom. The number of nitrogens with zero attached hydrogens (tertiary/aromatic N) is 4. The number of para-hydroxylation sites is 1. The molecule has 0 radical (unpaired) electrons. The third-order valence-electron chi connectivity index (χ3n) is 4.79. The first-order valence-electron chi connectivity index (χ1n) is 8.96. The molecule has 1 saturated heterocycles. The van der Waals surface area contributed by atoms with Gasteiger partial charge >= 0.3 is 0 Å². The van der Waals surface area contributed by atoms with Gasteiger partial charge in [0.15, 0.2) is 9.84 Å². The quantitative estimate of drug-likeness (QED) is 0.780. The second kappa shape index (κ2) is 7.64. The van der Waals surface area contributed by atoms with E-state index in [1.54, 1.807) is 17.9 Å². The first kappa shape index (κ1) is 19.3. The van der Waals surface area contributed by atoms with Gasteiger partial charge in [0, 0.05) is 31.4 Å². The number of anilines is 2. The van der Waals surface area contributed by atoms with Gasteiger partial charge in [0.1, 0.15) is 17.3 Å². The summed E-state index contributed by atoms with van der Waals surface area (Å²) >= 11 is 0. The summed E-state index contributed by atoms with van der Waals surface area (Å²) in [7, 11) is -1.18. The van der Waals surface area contributed by atoms with E-state index in [0.717, 1.165) is 5.69 Å². The molecule has 144 valence electrons. The van der Waals surface area contributed by atoms with Crippen molar-refractivity contribution >= 4 is 27.2 Å². The molecule has 1 fully saturated rings. The average Bonchev–Trinajstić information content (AvgIpc) is 3.02. The number of sulfone groups is 1. The van der Waals surface area contributed by atoms with Crippen molar-refractivity contribution in [3.8, 4) is 0 Å². The van der Waals surface area contributed by atoms with Gasteiger partial charge in [-0.2, -0.15) is 0 Å². The smallest absolute Gasteiger partial charge is 0.277 e. The zero-order valence-corrected chi connectivity index (χ0v) is 16.6. The van der Waals surface area contributed by atoms with E-state index in [1.165, 1.54) is 0 Å². The highest BCUT2D eigenvalue weighted by molar-refractivity contribution is 7.91. The van der Waals surface area contributed by atoms with E-state index in [9.17, 15) is 13.2 Å². The van der Waals surface area contributed by atoms with Crippen molar-refractivity contribution in [3.05, 3.63) is 47.9 Å². The lowest BCUT2D eigenvalue weighted by atomic mass is 10.2. The number of aromatic nitrogens is 2. The predicted molar refractivity (Wildman–Crippen MR) is 106 cm³/mol. The summed E-state index contributed by atoms with van der Waals surface area (Å²) in [6.07, 6.45) is 0.566. The summed E-state index contributed by atoms with van der Waals surface area (Å²) < 4.78 is 23.6. The Morgan fingerprint density at radius 1 is 1.22 bits per heavy atom. The third-order valence-corrected chi connectivity index (χ3v) is 6.54. The fourth-order valence-corrected chi connectivity index (χ4v) is 5.07. The summed E-state index contributed by atoms with van der Waals surface area (Å²) in [6, 6.07) is 10.9. The van der Waals surface area contributed by atoms with Crippen molar-refractivity contribution in [1.82, 2.24) is 9.97 Å². The number of carbonyl (C=O) groups excluding carboxylic acids is 1. The monoisotopic (exact) mass is 388 g/mol. The summed E-state index contributed by atoms with van der Waals surface area (Å²) in [5.41, 5.74) is 1.11. The Morgan fingerprint density at radius 2 is 1.93 bits per heavy atom. The molecule has 0 aliphatic carbocycles. The molecule has 8 heteroatoms. The first-order chi connectivity index (χ1) is 12.8. The lowest BCUT2D eigenvalue weighted by molar-refractivity contribution is 0.0983. The molecule has 1 aromatic heterocycles. The van der Waals surface area contributed by atoms with Crippen LogP contribution in [0.5, 0.6) is 0 Å². The molecule has 1 aliphatic heterocycles. The van der Waals surface area contributed by atoms with Crippen molar-refractivity contribution in [1.29, 1.82) is 0 Å². The van der Waals surface area contributed by atoms with E-state index in [2.05, 4.69) is 9.97 Å². The zero-order chi connectivity index (χ0) is 19.6. The molecule has 1 atom stereocenters. The molecule has 2 aromatic rings. The molecule has 0 N–H and O–H groups in total. The van der Waals surface area contributed by atoms with Gasteiger partial charge in [-0.3, -0.25) is 4.79 Å². The van der Waals surface area contributed by atoms with E-state index < -0.39 is 9.84 Å². The van der Waals surface area contributed by atoms with Crippen LogP contribution in [0.1, 0.15) is 29.7 Å². The molecule has 1 amide bonds. The van der Waals surface area contributed by atoms with E-state index >= 15 is 0 Å². The molecule has 1 aromatic carbocycles. The van der Waals surface area contributed by atoms with Crippen LogP contribution in [0, 0.1) is 6.92 Å². The number of benzene rings is 1. The molecule has 2 heterocycles. The maximum Gasteiger partial charge on any atom is 0.277 e. The highest BCUT2D eigenvalue weighted by Gasteiger charge is 2.32. The van der Waals surface area contributed by atoms with Gasteiger partial charge in [-0.1, -0.05) is 18.2 Å². The second-order valence-corrected chi connectivity index (χ2v) is 8.94. The summed E-state index contributed by atoms with van der Waals surface area (Å²) in [5.74, 6) is 1.14. The lowest BCUT2D eigenvalue weighted by Crippen LogP contribution is -2.35. The molecular weight excluding hydrogens is 364 g/mol. The summed E-state index contributed by atoms with van der Waals surface area (Å²) in [4.78, 5) is 25.3. The lowest BCUT2D eigenvalue weighted by Gasteiger charge is -2.26. The average molecular weight is 388 g/mol. The van der Waals surface area contributed by atoms with Crippen LogP contribution < -0.4 is 9.80 Å². The minimum Gasteiger partial charge on any atom is -0.356 e. The van der Waals surface area contributed by atoms with Crippen molar-refractivity contribution < 1.29 is 13.2 Å². The van der Waals surface area contributed by atoms with E-state index in [0.29, 0.717) is 30.3 Å². The Kier molecular flexibility index (Phi) is 5.46. The molecule has 0 spiro atoms. The number of hydrogen-bond acceptors (Lipinski definition) is 6. The fraction of sp³-hybridized carbons (Fsp3) is 0.421. The minimum absolute atomic E-state index is 0.112. The van der Waals surface area contributed by atoms with E-state index in [-0.39, 0.29) is 23.5 Å². The van der Waals surface area contributed by atoms with Crippen LogP contribution in [0.3, 0.4) is 0 Å². The molecule has 0 saturated carbocycles. The van der Waals surface area contributed by atoms with Gasteiger partial charge in [0.2, 0.25) is 0 Å². The van der Waals surface area contributed by atoms with Gasteiger partial charge in [-0.15, -0.1) is 0 Å². The Bertz CT molecular complexity index is 931. The van der Waals surface area contributed by atoms with Crippen LogP contribution >= 0.6 is 0 Å². The van der Waals surface area contributed by atoms with Gasteiger partial charge in [0.05, 0.1) is 11.5 Å². The van der Waals surface area contributed by atoms with Crippen LogP contribution in [0.2, 0.25) is 0 Å². The Balaban J connectivity index is 1.89. The Labute approximate surface area is 160 Å². The zero-order valence-electron chi connectivity index (χ0n) is 15.8. The number of hydrogen-bond donors (Lipinski definition) is 0. The Hall–Kier alpha value is -2.48. The van der Waals surface area contributed by atoms with Crippen LogP contribution in [-0.4, -0.2) is 55.4 Å². The molecule has 27 heavy (non-hydrogen) atoms. The van der Waals surface area contributed by atoms with Crippen molar-refractivity contribution in [2.45, 2.75) is 26.3 Å². The van der Waals surface area contributed by atoms with Crippen molar-refractivity contribution in [2.24, 2.45) is 0 Å². The first-order valence-corrected chi connectivity index (χ1v) is 10.8. The molecule has 1 aliphatic rings. The summed E-state index contributed by atoms with van der Waals surface area (Å²) in [6.45, 7) is 4.16. The topological polar surface area (TPSA) is 83.5 Å². The van der Waals surface area contributed by atoms with Gasteiger partial charge in [-0.05, 0) is 32.4 Å². The van der Waals surface area contributed by atoms with E-state index in [4.69, 9.17) is 0 Å². The predicted octanol–water partition coefficient (Wildman–Crippen LogP) is 2.08. The largest absolute Gasteiger partial charge is 0.356 e. The molecular formula is C19H24N4O3S. The van der Waals surface area contributed by atoms with Crippen molar-refractivity contribution in [2.75, 3.05) is 34.9 Å². The second-order valence-electron chi connectivity index (χ2n) is 6.71. The summed E-state index contributed by atoms with van der Waals surface area (Å²) in [5, 5.41) is 0. The molecule has 7 nitrogen and oxygen atoms in total. The molecule has 1 unspecified atom stereocenters.